The fraction of sp³-hybridized carbons (Fsp3) is 0.414. The number of piperazine rings is 1. The Morgan fingerprint density at radius 2 is 1.90 bits per heavy atom. The fourth-order valence-corrected chi connectivity index (χ4v) is 5.91. The molecule has 0 saturated carbocycles. The SMILES string of the molecule is Cc1noc(C)c1CN1C[C@H]2C[C@H]1C(=O)N1CCN(C(=O)c3ccccc3)C[C@H]1COc1ncccc1C(=O)N2. The van der Waals surface area contributed by atoms with Gasteiger partial charge in [0.25, 0.3) is 11.8 Å². The number of rotatable bonds is 3. The number of hydrogen-bond acceptors (Lipinski definition) is 8. The van der Waals surface area contributed by atoms with E-state index in [1.54, 1.807) is 35.4 Å². The van der Waals surface area contributed by atoms with Gasteiger partial charge in [0.1, 0.15) is 17.9 Å². The van der Waals surface area contributed by atoms with Crippen molar-refractivity contribution >= 4 is 17.7 Å². The van der Waals surface area contributed by atoms with Crippen molar-refractivity contribution in [1.29, 1.82) is 0 Å². The third-order valence-corrected chi connectivity index (χ3v) is 8.07. The number of nitrogens with one attached hydrogen (secondary N) is 1. The molecule has 0 spiro atoms. The molecule has 2 bridgehead atoms. The molecule has 5 heterocycles. The van der Waals surface area contributed by atoms with Crippen LogP contribution in [0.4, 0.5) is 0 Å². The van der Waals surface area contributed by atoms with Gasteiger partial charge in [-0.1, -0.05) is 23.4 Å². The lowest BCUT2D eigenvalue weighted by Crippen LogP contribution is -2.61. The van der Waals surface area contributed by atoms with Gasteiger partial charge < -0.3 is 24.4 Å². The van der Waals surface area contributed by atoms with E-state index in [1.165, 1.54) is 0 Å². The zero-order valence-electron chi connectivity index (χ0n) is 22.6. The summed E-state index contributed by atoms with van der Waals surface area (Å²) in [6.45, 7) is 5.95. The van der Waals surface area contributed by atoms with Crippen LogP contribution in [0.3, 0.4) is 0 Å². The Kier molecular flexibility index (Phi) is 6.97. The van der Waals surface area contributed by atoms with Crippen molar-refractivity contribution in [3.05, 3.63) is 76.8 Å². The van der Waals surface area contributed by atoms with Crippen molar-refractivity contribution in [2.75, 3.05) is 32.8 Å². The smallest absolute Gasteiger partial charge is 0.257 e. The number of fused-ring (bicyclic) bond motifs is 4. The maximum absolute atomic E-state index is 14.2. The Bertz CT molecular complexity index is 1410. The minimum Gasteiger partial charge on any atom is -0.475 e. The quantitative estimate of drug-likeness (QED) is 0.530. The van der Waals surface area contributed by atoms with Gasteiger partial charge in [-0.3, -0.25) is 19.3 Å². The lowest BCUT2D eigenvalue weighted by molar-refractivity contribution is -0.141. The summed E-state index contributed by atoms with van der Waals surface area (Å²) in [4.78, 5) is 50.8. The minimum absolute atomic E-state index is 0.0364. The molecule has 0 unspecified atom stereocenters. The van der Waals surface area contributed by atoms with Gasteiger partial charge in [-0.2, -0.15) is 0 Å². The van der Waals surface area contributed by atoms with Crippen LogP contribution in [0, 0.1) is 13.8 Å². The van der Waals surface area contributed by atoms with Crippen LogP contribution in [0.1, 0.15) is 44.2 Å². The van der Waals surface area contributed by atoms with Crippen LogP contribution in [0.2, 0.25) is 0 Å². The summed E-state index contributed by atoms with van der Waals surface area (Å²) < 4.78 is 11.5. The molecule has 208 valence electrons. The predicted octanol–water partition coefficient (Wildman–Crippen LogP) is 1.80. The van der Waals surface area contributed by atoms with Crippen LogP contribution in [0.15, 0.2) is 53.2 Å². The topological polar surface area (TPSA) is 121 Å². The van der Waals surface area contributed by atoms with Crippen molar-refractivity contribution in [3.8, 4) is 5.88 Å². The van der Waals surface area contributed by atoms with Crippen molar-refractivity contribution in [3.63, 3.8) is 0 Å². The monoisotopic (exact) mass is 544 g/mol. The highest BCUT2D eigenvalue weighted by Crippen LogP contribution is 2.28. The summed E-state index contributed by atoms with van der Waals surface area (Å²) in [5.41, 5.74) is 2.68. The van der Waals surface area contributed by atoms with E-state index in [9.17, 15) is 14.4 Å². The maximum Gasteiger partial charge on any atom is 0.257 e. The van der Waals surface area contributed by atoms with E-state index in [1.807, 2.05) is 36.9 Å². The molecule has 2 fully saturated rings. The van der Waals surface area contributed by atoms with Gasteiger partial charge in [0.15, 0.2) is 0 Å². The zero-order chi connectivity index (χ0) is 27.8. The van der Waals surface area contributed by atoms with E-state index in [0.717, 1.165) is 11.3 Å². The fourth-order valence-electron chi connectivity index (χ4n) is 5.91. The number of carbonyl (C=O) groups is 3. The molecule has 11 nitrogen and oxygen atoms in total. The lowest BCUT2D eigenvalue weighted by Gasteiger charge is -2.43. The van der Waals surface area contributed by atoms with Crippen LogP contribution in [0.5, 0.6) is 5.88 Å². The highest BCUT2D eigenvalue weighted by atomic mass is 16.5. The summed E-state index contributed by atoms with van der Waals surface area (Å²) in [6, 6.07) is 11.4. The second-order valence-electron chi connectivity index (χ2n) is 10.6. The van der Waals surface area contributed by atoms with Crippen LogP contribution >= 0.6 is 0 Å². The second-order valence-corrected chi connectivity index (χ2v) is 10.6. The third kappa shape index (κ3) is 4.92. The van der Waals surface area contributed by atoms with Gasteiger partial charge in [-0.05, 0) is 44.5 Å². The van der Waals surface area contributed by atoms with Gasteiger partial charge in [0, 0.05) is 56.1 Å². The van der Waals surface area contributed by atoms with E-state index in [-0.39, 0.29) is 36.3 Å². The van der Waals surface area contributed by atoms with Crippen molar-refractivity contribution in [1.82, 2.24) is 30.2 Å². The van der Waals surface area contributed by atoms with Gasteiger partial charge in [-0.25, -0.2) is 4.98 Å². The number of aryl methyl sites for hydroxylation is 2. The molecule has 2 aromatic heterocycles. The maximum atomic E-state index is 14.2. The molecule has 3 aromatic rings. The summed E-state index contributed by atoms with van der Waals surface area (Å²) >= 11 is 0. The standard InChI is InChI=1S/C29H32N6O5/c1-18-24(19(2)40-32-18)16-34-14-21-13-25(34)29(38)35-12-11-33(28(37)20-7-4-3-5-8-20)15-22(35)17-39-27-23(26(36)31-21)9-6-10-30-27/h3-10,21-22,25H,11-17H2,1-2H3,(H,31,36)/t21-,22+,25+/m1/s1. The molecule has 6 rings (SSSR count). The summed E-state index contributed by atoms with van der Waals surface area (Å²) in [5.74, 6) is 0.513. The van der Waals surface area contributed by atoms with E-state index < -0.39 is 12.1 Å². The molecular formula is C29H32N6O5. The van der Waals surface area contributed by atoms with Gasteiger partial charge in [0.05, 0.1) is 17.8 Å². The Hall–Kier alpha value is -4.25. The van der Waals surface area contributed by atoms with Crippen LogP contribution in [-0.4, -0.2) is 93.5 Å². The Morgan fingerprint density at radius 1 is 1.07 bits per heavy atom. The number of amides is 3. The molecule has 11 heteroatoms. The van der Waals surface area contributed by atoms with Crippen LogP contribution in [-0.2, 0) is 11.3 Å². The minimum atomic E-state index is -0.453. The number of ether oxygens (including phenoxy) is 1. The Morgan fingerprint density at radius 3 is 2.67 bits per heavy atom. The van der Waals surface area contributed by atoms with E-state index in [0.29, 0.717) is 56.0 Å². The third-order valence-electron chi connectivity index (χ3n) is 8.07. The van der Waals surface area contributed by atoms with Gasteiger partial charge >= 0.3 is 0 Å². The van der Waals surface area contributed by atoms with Gasteiger partial charge in [-0.15, -0.1) is 0 Å². The molecule has 2 saturated heterocycles. The molecule has 3 atom stereocenters. The number of benzene rings is 1. The van der Waals surface area contributed by atoms with E-state index in [2.05, 4.69) is 20.4 Å². The molecule has 40 heavy (non-hydrogen) atoms. The number of pyridine rings is 1. The van der Waals surface area contributed by atoms with Crippen molar-refractivity contribution < 1.29 is 23.6 Å². The van der Waals surface area contributed by atoms with E-state index in [4.69, 9.17) is 9.26 Å². The first-order valence-corrected chi connectivity index (χ1v) is 13.6. The second kappa shape index (κ2) is 10.7. The first-order valence-electron chi connectivity index (χ1n) is 13.6. The highest BCUT2D eigenvalue weighted by Gasteiger charge is 2.44. The average molecular weight is 545 g/mol. The van der Waals surface area contributed by atoms with Crippen molar-refractivity contribution in [2.45, 2.75) is 44.9 Å². The van der Waals surface area contributed by atoms with Crippen molar-refractivity contribution in [2.24, 2.45) is 0 Å². The highest BCUT2D eigenvalue weighted by molar-refractivity contribution is 5.97. The normalized spacial score (nSPS) is 23.4. The molecule has 1 aromatic carbocycles. The zero-order valence-corrected chi connectivity index (χ0v) is 22.6. The molecule has 0 radical (unpaired) electrons. The molecular weight excluding hydrogens is 512 g/mol. The number of hydrogen-bond donors (Lipinski definition) is 1. The average Bonchev–Trinajstić information content (AvgIpc) is 3.53. The number of nitrogens with zero attached hydrogens (tertiary/aromatic N) is 5. The van der Waals surface area contributed by atoms with E-state index >= 15 is 0 Å². The molecule has 0 aliphatic carbocycles. The Labute approximate surface area is 232 Å². The summed E-state index contributed by atoms with van der Waals surface area (Å²) in [6.07, 6.45) is 2.05. The first kappa shape index (κ1) is 26.0. The molecule has 3 amide bonds. The predicted molar refractivity (Wildman–Crippen MR) is 144 cm³/mol. The molecule has 3 aliphatic heterocycles. The lowest BCUT2D eigenvalue weighted by atomic mass is 10.1. The van der Waals surface area contributed by atoms with Gasteiger partial charge in [0.2, 0.25) is 11.8 Å². The van der Waals surface area contributed by atoms with Crippen LogP contribution < -0.4 is 10.1 Å². The Balaban J connectivity index is 1.32. The number of likely N-dealkylation sites (tertiary alicyclic amines) is 1. The number of carbonyl (C=O) groups excluding carboxylic acids is 3. The summed E-state index contributed by atoms with van der Waals surface area (Å²) in [7, 11) is 0. The molecule has 3 aliphatic rings. The number of aromatic nitrogens is 2. The first-order chi connectivity index (χ1) is 19.4. The van der Waals surface area contributed by atoms with Crippen LogP contribution in [0.25, 0.3) is 0 Å². The molecule has 1 N–H and O–H groups in total. The summed E-state index contributed by atoms with van der Waals surface area (Å²) in [5, 5.41) is 7.17. The largest absolute Gasteiger partial charge is 0.475 e.